The van der Waals surface area contributed by atoms with Gasteiger partial charge in [0.05, 0.1) is 22.2 Å². The van der Waals surface area contributed by atoms with E-state index >= 15 is 0 Å². The topological polar surface area (TPSA) is 9.86 Å². The summed E-state index contributed by atoms with van der Waals surface area (Å²) in [7, 11) is 0. The summed E-state index contributed by atoms with van der Waals surface area (Å²) in [6.07, 6.45) is 11.1. The van der Waals surface area contributed by atoms with Gasteiger partial charge in [0.15, 0.2) is 0 Å². The summed E-state index contributed by atoms with van der Waals surface area (Å²) in [4.78, 5) is 1.45. The predicted octanol–water partition coefficient (Wildman–Crippen LogP) is 18.1. The monoisotopic (exact) mass is 880 g/mol. The second-order valence-electron chi connectivity index (χ2n) is 17.7. The standard InChI is InChI=1S/C62H44N2S2/c1-4-15-46-47-20-6-9-25-55(47)63(54(46)5-2)43-29-32-58-52(36-43)50-24-14-23-45(61(50)65-58)41-18-12-16-39(34-41)40-17-13-19-42(35-40)60-38(3)28-31-51-53-37-44(30-33-59(53)66-62(51)60)64-56-26-10-7-21-48(56)49-22-8-11-27-57(49)64/h4-38,60H,2H2,1,3H3/b15-4-. The smallest absolute Gasteiger partial charge is 0.0541 e. The predicted molar refractivity (Wildman–Crippen MR) is 288 cm³/mol. The maximum absolute atomic E-state index is 4.25. The second-order valence-corrected chi connectivity index (χ2v) is 19.8. The van der Waals surface area contributed by atoms with Crippen LogP contribution in [0.4, 0.5) is 0 Å². The molecule has 13 rings (SSSR count). The molecule has 2 unspecified atom stereocenters. The molecule has 8 aromatic carbocycles. The fourth-order valence-electron chi connectivity index (χ4n) is 11.0. The Hall–Kier alpha value is -7.50. The van der Waals surface area contributed by atoms with Gasteiger partial charge >= 0.3 is 0 Å². The van der Waals surface area contributed by atoms with Crippen LogP contribution in [0.25, 0.3) is 115 Å². The van der Waals surface area contributed by atoms with Crippen molar-refractivity contribution in [2.75, 3.05) is 0 Å². The Bertz CT molecular complexity index is 3960. The molecule has 4 aromatic heterocycles. The number of aromatic nitrogens is 2. The van der Waals surface area contributed by atoms with Crippen LogP contribution in [-0.4, -0.2) is 9.13 Å². The molecule has 0 fully saturated rings. The number of hydrogen-bond acceptors (Lipinski definition) is 2. The molecule has 66 heavy (non-hydrogen) atoms. The Morgan fingerprint density at radius 3 is 1.88 bits per heavy atom. The minimum Gasteiger partial charge on any atom is -0.309 e. The van der Waals surface area contributed by atoms with Crippen LogP contribution in [0.3, 0.4) is 0 Å². The summed E-state index contributed by atoms with van der Waals surface area (Å²) in [6.45, 7) is 8.70. The highest BCUT2D eigenvalue weighted by Gasteiger charge is 2.29. The van der Waals surface area contributed by atoms with Crippen molar-refractivity contribution >= 4 is 104 Å². The van der Waals surface area contributed by atoms with Crippen LogP contribution in [0, 0.1) is 5.92 Å². The highest BCUT2D eigenvalue weighted by atomic mass is 32.1. The molecular weight excluding hydrogens is 837 g/mol. The lowest BCUT2D eigenvalue weighted by Crippen LogP contribution is -2.12. The lowest BCUT2D eigenvalue weighted by Gasteiger charge is -2.26. The van der Waals surface area contributed by atoms with Gasteiger partial charge in [0, 0.05) is 74.2 Å². The Balaban J connectivity index is 0.866. The molecule has 12 aromatic rings. The van der Waals surface area contributed by atoms with Crippen molar-refractivity contribution in [3.8, 4) is 33.6 Å². The molecule has 2 nitrogen and oxygen atoms in total. The van der Waals surface area contributed by atoms with E-state index in [-0.39, 0.29) is 5.92 Å². The van der Waals surface area contributed by atoms with Crippen LogP contribution in [0.5, 0.6) is 0 Å². The first-order valence-electron chi connectivity index (χ1n) is 22.8. The van der Waals surface area contributed by atoms with E-state index in [0.29, 0.717) is 5.92 Å². The Labute approximate surface area is 392 Å². The zero-order valence-corrected chi connectivity index (χ0v) is 38.3. The van der Waals surface area contributed by atoms with Gasteiger partial charge in [-0.1, -0.05) is 153 Å². The molecule has 0 radical (unpaired) electrons. The van der Waals surface area contributed by atoms with E-state index in [1.165, 1.54) is 112 Å². The number of fused-ring (bicyclic) bond motifs is 10. The van der Waals surface area contributed by atoms with Gasteiger partial charge in [-0.25, -0.2) is 0 Å². The molecule has 0 saturated carbocycles. The zero-order valence-electron chi connectivity index (χ0n) is 36.7. The fraction of sp³-hybridized carbons (Fsp3) is 0.0645. The van der Waals surface area contributed by atoms with Crippen molar-refractivity contribution in [3.63, 3.8) is 0 Å². The van der Waals surface area contributed by atoms with E-state index < -0.39 is 0 Å². The zero-order chi connectivity index (χ0) is 44.0. The molecule has 314 valence electrons. The molecule has 4 heteroatoms. The third-order valence-corrected chi connectivity index (χ3v) is 16.4. The quantitative estimate of drug-likeness (QED) is 0.151. The van der Waals surface area contributed by atoms with Gasteiger partial charge in [-0.15, -0.1) is 22.7 Å². The van der Waals surface area contributed by atoms with Crippen molar-refractivity contribution < 1.29 is 0 Å². The van der Waals surface area contributed by atoms with Crippen molar-refractivity contribution in [2.24, 2.45) is 5.92 Å². The van der Waals surface area contributed by atoms with Crippen molar-refractivity contribution in [3.05, 3.63) is 222 Å². The fourth-order valence-corrected chi connectivity index (χ4v) is 13.6. The normalized spacial score (nSPS) is 15.1. The molecule has 2 atom stereocenters. The highest BCUT2D eigenvalue weighted by molar-refractivity contribution is 7.26. The van der Waals surface area contributed by atoms with E-state index in [4.69, 9.17) is 0 Å². The van der Waals surface area contributed by atoms with Gasteiger partial charge in [-0.05, 0) is 113 Å². The van der Waals surface area contributed by atoms with Gasteiger partial charge in [-0.2, -0.15) is 0 Å². The van der Waals surface area contributed by atoms with E-state index in [1.54, 1.807) is 0 Å². The first kappa shape index (κ1) is 38.9. The maximum Gasteiger partial charge on any atom is 0.0541 e. The molecule has 1 aliphatic carbocycles. The molecule has 4 heterocycles. The van der Waals surface area contributed by atoms with E-state index in [1.807, 2.05) is 28.7 Å². The number of nitrogens with zero attached hydrogens (tertiary/aromatic N) is 2. The second kappa shape index (κ2) is 15.3. The van der Waals surface area contributed by atoms with Crippen LogP contribution in [0.15, 0.2) is 195 Å². The molecule has 0 bridgehead atoms. The van der Waals surface area contributed by atoms with Crippen LogP contribution >= 0.6 is 22.7 Å². The van der Waals surface area contributed by atoms with Gasteiger partial charge in [0.1, 0.15) is 0 Å². The molecule has 0 amide bonds. The van der Waals surface area contributed by atoms with Gasteiger partial charge in [0.2, 0.25) is 0 Å². The summed E-state index contributed by atoms with van der Waals surface area (Å²) >= 11 is 3.85. The number of benzene rings is 8. The third-order valence-electron chi connectivity index (χ3n) is 13.9. The molecule has 0 aliphatic heterocycles. The summed E-state index contributed by atoms with van der Waals surface area (Å²) in [5, 5.41) is 7.70. The molecule has 0 saturated heterocycles. The van der Waals surface area contributed by atoms with Crippen molar-refractivity contribution in [1.82, 2.24) is 9.13 Å². The summed E-state index contributed by atoms with van der Waals surface area (Å²) in [6, 6.07) is 65.5. The SMILES string of the molecule is C=Cc1c(/C=C\C)c2ccccc2n1-c1ccc2sc3c(-c4cccc(-c5cccc(C6c7sc8ccc(-n9c%10ccccc%10c%10ccccc%109)cc8c7C=CC6C)c5)c4)cccc3c2c1. The molecule has 0 N–H and O–H groups in total. The summed E-state index contributed by atoms with van der Waals surface area (Å²) in [5.74, 6) is 0.631. The maximum atomic E-state index is 4.25. The molecule has 0 spiro atoms. The van der Waals surface area contributed by atoms with Crippen LogP contribution in [0.1, 0.15) is 47.0 Å². The number of allylic oxidation sites excluding steroid dienone is 2. The Morgan fingerprint density at radius 1 is 0.530 bits per heavy atom. The number of thiophene rings is 2. The first-order chi connectivity index (χ1) is 32.6. The van der Waals surface area contributed by atoms with Crippen LogP contribution in [0.2, 0.25) is 0 Å². The average molecular weight is 881 g/mol. The highest BCUT2D eigenvalue weighted by Crippen LogP contribution is 2.48. The largest absolute Gasteiger partial charge is 0.309 e. The van der Waals surface area contributed by atoms with E-state index in [0.717, 1.165) is 11.4 Å². The lowest BCUT2D eigenvalue weighted by atomic mass is 9.79. The number of para-hydroxylation sites is 3. The molecule has 1 aliphatic rings. The number of hydrogen-bond donors (Lipinski definition) is 0. The Kier molecular flexibility index (Phi) is 9.03. The first-order valence-corrected chi connectivity index (χ1v) is 24.5. The summed E-state index contributed by atoms with van der Waals surface area (Å²) < 4.78 is 8.73. The summed E-state index contributed by atoms with van der Waals surface area (Å²) in [5.41, 5.74) is 16.0. The average Bonchev–Trinajstić information content (AvgIpc) is 4.11. The third kappa shape index (κ3) is 5.92. The number of rotatable bonds is 7. The minimum absolute atomic E-state index is 0.265. The van der Waals surface area contributed by atoms with Crippen molar-refractivity contribution in [1.29, 1.82) is 0 Å². The Morgan fingerprint density at radius 2 is 1.14 bits per heavy atom. The minimum atomic E-state index is 0.265. The van der Waals surface area contributed by atoms with E-state index in [9.17, 15) is 0 Å². The van der Waals surface area contributed by atoms with Gasteiger partial charge in [-0.3, -0.25) is 0 Å². The lowest BCUT2D eigenvalue weighted by molar-refractivity contribution is 0.629. The molecular formula is C62H44N2S2. The van der Waals surface area contributed by atoms with Crippen LogP contribution < -0.4 is 0 Å². The van der Waals surface area contributed by atoms with Gasteiger partial charge in [0.25, 0.3) is 0 Å². The van der Waals surface area contributed by atoms with Crippen LogP contribution in [-0.2, 0) is 0 Å². The van der Waals surface area contributed by atoms with Gasteiger partial charge < -0.3 is 9.13 Å². The van der Waals surface area contributed by atoms with E-state index in [2.05, 4.69) is 230 Å². The van der Waals surface area contributed by atoms with Crippen molar-refractivity contribution in [2.45, 2.75) is 19.8 Å².